The Morgan fingerprint density at radius 3 is 2.22 bits per heavy atom. The number of ether oxygens (including phenoxy) is 1. The van der Waals surface area contributed by atoms with Crippen LogP contribution in [0.2, 0.25) is 0 Å². The molecule has 0 saturated carbocycles. The highest BCUT2D eigenvalue weighted by Gasteiger charge is 2.41. The van der Waals surface area contributed by atoms with Gasteiger partial charge in [-0.15, -0.1) is 0 Å². The highest BCUT2D eigenvalue weighted by molar-refractivity contribution is 5.88. The average Bonchev–Trinajstić information content (AvgIpc) is 2.95. The summed E-state index contributed by atoms with van der Waals surface area (Å²) in [6.45, 7) is 3.65. The van der Waals surface area contributed by atoms with Crippen LogP contribution in [0.4, 0.5) is 11.4 Å². The van der Waals surface area contributed by atoms with Gasteiger partial charge in [0.2, 0.25) is 5.91 Å². The lowest BCUT2D eigenvalue weighted by atomic mass is 9.72. The molecule has 1 aliphatic carbocycles. The van der Waals surface area contributed by atoms with Crippen molar-refractivity contribution in [1.29, 1.82) is 0 Å². The maximum Gasteiger partial charge on any atom is 0.314 e. The van der Waals surface area contributed by atoms with Gasteiger partial charge in [-0.3, -0.25) is 24.5 Å². The summed E-state index contributed by atoms with van der Waals surface area (Å²) in [5.74, 6) is -0.916. The number of amides is 1. The van der Waals surface area contributed by atoms with Gasteiger partial charge >= 0.3 is 11.9 Å². The fourth-order valence-electron chi connectivity index (χ4n) is 6.23. The van der Waals surface area contributed by atoms with Crippen molar-refractivity contribution in [3.8, 4) is 5.75 Å². The highest BCUT2D eigenvalue weighted by atomic mass is 16.6. The van der Waals surface area contributed by atoms with Crippen LogP contribution in [0.5, 0.6) is 5.75 Å². The van der Waals surface area contributed by atoms with Gasteiger partial charge in [0.1, 0.15) is 12.2 Å². The Balaban J connectivity index is 0.000000493. The molecule has 0 bridgehead atoms. The molecule has 41 heavy (non-hydrogen) atoms. The van der Waals surface area contributed by atoms with Gasteiger partial charge in [0.25, 0.3) is 5.69 Å². The van der Waals surface area contributed by atoms with Crippen molar-refractivity contribution in [2.75, 3.05) is 51.8 Å². The van der Waals surface area contributed by atoms with Crippen molar-refractivity contribution in [3.05, 3.63) is 63.7 Å². The van der Waals surface area contributed by atoms with Gasteiger partial charge in [0, 0.05) is 56.6 Å². The first-order valence-electron chi connectivity index (χ1n) is 13.6. The summed E-state index contributed by atoms with van der Waals surface area (Å²) >= 11 is 0. The molecule has 1 amide bonds. The molecule has 2 saturated heterocycles. The summed E-state index contributed by atoms with van der Waals surface area (Å²) in [5.41, 5.74) is 3.75. The number of non-ortho nitro benzene ring substituents is 1. The van der Waals surface area contributed by atoms with Gasteiger partial charge in [0.15, 0.2) is 0 Å². The zero-order valence-electron chi connectivity index (χ0n) is 23.3. The summed E-state index contributed by atoms with van der Waals surface area (Å²) in [7, 11) is 3.89. The van der Waals surface area contributed by atoms with Crippen molar-refractivity contribution < 1.29 is 34.3 Å². The second-order valence-corrected chi connectivity index (χ2v) is 10.8. The topological polar surface area (TPSA) is 154 Å². The molecule has 0 unspecified atom stereocenters. The molecule has 3 atom stereocenters. The minimum atomic E-state index is -1.31. The summed E-state index contributed by atoms with van der Waals surface area (Å²) < 4.78 is 5.63. The molecule has 3 aliphatic rings. The van der Waals surface area contributed by atoms with Crippen molar-refractivity contribution in [1.82, 2.24) is 9.80 Å². The number of likely N-dealkylation sites (N-methyl/N-ethyl adjacent to an activating group) is 1. The van der Waals surface area contributed by atoms with Crippen LogP contribution in [-0.4, -0.2) is 95.7 Å². The average molecular weight is 569 g/mol. The van der Waals surface area contributed by atoms with Crippen molar-refractivity contribution in [2.24, 2.45) is 11.8 Å². The zero-order valence-corrected chi connectivity index (χ0v) is 23.3. The van der Waals surface area contributed by atoms with Gasteiger partial charge in [-0.05, 0) is 61.6 Å². The molecule has 5 rings (SSSR count). The monoisotopic (exact) mass is 568 g/mol. The Kier molecular flexibility index (Phi) is 9.43. The second kappa shape index (κ2) is 13.0. The van der Waals surface area contributed by atoms with E-state index in [1.165, 1.54) is 11.1 Å². The number of rotatable bonds is 6. The van der Waals surface area contributed by atoms with E-state index in [9.17, 15) is 24.5 Å². The van der Waals surface area contributed by atoms with Crippen LogP contribution in [-0.2, 0) is 27.2 Å². The molecule has 0 radical (unpaired) electrons. The standard InChI is InChI=1S/C26H32N4O4.C3H4O4/c1-27-17-20(14-19-15-23-18(16-24(19)27)4-3-5-25(23)34-2)26(31)29-12-10-28(11-13-29)21-6-8-22(9-7-21)30(32)33;4-2(5)1-3(6)7/h3-9,19-20,24H,10-17H2,1-2H3;1H2,(H,4,5)(H,6,7)/t19-,20-,24-;/m1./s1. The van der Waals surface area contributed by atoms with E-state index in [1.807, 2.05) is 11.0 Å². The predicted molar refractivity (Wildman–Crippen MR) is 150 cm³/mol. The number of piperazine rings is 1. The van der Waals surface area contributed by atoms with Crippen LogP contribution in [0.15, 0.2) is 42.5 Å². The third-order valence-electron chi connectivity index (χ3n) is 8.22. The van der Waals surface area contributed by atoms with Crippen LogP contribution in [0.3, 0.4) is 0 Å². The van der Waals surface area contributed by atoms with Gasteiger partial charge < -0.3 is 29.6 Å². The summed E-state index contributed by atoms with van der Waals surface area (Å²) in [4.78, 5) is 49.5. The third kappa shape index (κ3) is 7.12. The van der Waals surface area contributed by atoms with E-state index in [0.29, 0.717) is 25.0 Å². The van der Waals surface area contributed by atoms with E-state index in [2.05, 4.69) is 29.0 Å². The third-order valence-corrected chi connectivity index (χ3v) is 8.22. The van der Waals surface area contributed by atoms with E-state index in [0.717, 1.165) is 50.3 Å². The number of carbonyl (C=O) groups excluding carboxylic acids is 1. The molecular weight excluding hydrogens is 532 g/mol. The molecule has 2 aliphatic heterocycles. The van der Waals surface area contributed by atoms with Gasteiger partial charge in [-0.25, -0.2) is 0 Å². The van der Waals surface area contributed by atoms with E-state index in [-0.39, 0.29) is 22.4 Å². The number of hydrogen-bond acceptors (Lipinski definition) is 8. The van der Waals surface area contributed by atoms with Crippen molar-refractivity contribution in [2.45, 2.75) is 31.7 Å². The molecule has 0 spiro atoms. The normalized spacial score (nSPS) is 22.0. The fraction of sp³-hybridized carbons (Fsp3) is 0.483. The molecule has 2 aromatic rings. The molecule has 2 heterocycles. The number of benzene rings is 2. The summed E-state index contributed by atoms with van der Waals surface area (Å²) in [6.07, 6.45) is 2.10. The maximum absolute atomic E-state index is 13.5. The number of piperidine rings is 1. The molecule has 12 heteroatoms. The van der Waals surface area contributed by atoms with Gasteiger partial charge in [-0.1, -0.05) is 12.1 Å². The smallest absolute Gasteiger partial charge is 0.314 e. The molecule has 2 N–H and O–H groups in total. The lowest BCUT2D eigenvalue weighted by molar-refractivity contribution is -0.384. The quantitative estimate of drug-likeness (QED) is 0.302. The molecular formula is C29H36N4O8. The fourth-order valence-corrected chi connectivity index (χ4v) is 6.23. The van der Waals surface area contributed by atoms with E-state index >= 15 is 0 Å². The lowest BCUT2D eigenvalue weighted by Gasteiger charge is -2.47. The molecule has 2 fully saturated rings. The number of aliphatic carboxylic acids is 2. The highest BCUT2D eigenvalue weighted by Crippen LogP contribution is 2.40. The number of nitro groups is 1. The number of nitrogens with zero attached hydrogens (tertiary/aromatic N) is 4. The Bertz CT molecular complexity index is 1260. The first-order chi connectivity index (χ1) is 19.6. The molecule has 0 aromatic heterocycles. The van der Waals surface area contributed by atoms with Crippen LogP contribution in [0, 0.1) is 22.0 Å². The predicted octanol–water partition coefficient (Wildman–Crippen LogP) is 2.53. The number of carbonyl (C=O) groups is 3. The number of carboxylic acid groups (broad SMARTS) is 2. The van der Waals surface area contributed by atoms with Gasteiger partial charge in [0.05, 0.1) is 18.0 Å². The van der Waals surface area contributed by atoms with Crippen LogP contribution in [0.1, 0.15) is 24.0 Å². The number of likely N-dealkylation sites (tertiary alicyclic amines) is 1. The number of fused-ring (bicyclic) bond motifs is 2. The molecule has 2 aromatic carbocycles. The van der Waals surface area contributed by atoms with Crippen molar-refractivity contribution >= 4 is 29.2 Å². The SMILES string of the molecule is COc1cccc2c1C[C@H]1C[C@@H](C(=O)N3CCN(c4ccc([N+](=O)[O-])cc4)CC3)CN(C)[C@@H]1C2.O=C(O)CC(=O)O. The number of hydrogen-bond donors (Lipinski definition) is 2. The summed E-state index contributed by atoms with van der Waals surface area (Å²) in [5, 5.41) is 26.3. The molecule has 220 valence electrons. The van der Waals surface area contributed by atoms with E-state index < -0.39 is 18.4 Å². The number of nitro benzene ring substituents is 1. The van der Waals surface area contributed by atoms with E-state index in [1.54, 1.807) is 31.4 Å². The minimum absolute atomic E-state index is 0.0217. The number of methoxy groups -OCH3 is 1. The number of anilines is 1. The first kappa shape index (κ1) is 29.8. The van der Waals surface area contributed by atoms with Crippen LogP contribution >= 0.6 is 0 Å². The number of carboxylic acids is 2. The van der Waals surface area contributed by atoms with Crippen molar-refractivity contribution in [3.63, 3.8) is 0 Å². The van der Waals surface area contributed by atoms with Gasteiger partial charge in [-0.2, -0.15) is 0 Å². The Morgan fingerprint density at radius 1 is 1.00 bits per heavy atom. The second-order valence-electron chi connectivity index (χ2n) is 10.8. The first-order valence-corrected chi connectivity index (χ1v) is 13.6. The Labute approximate surface area is 238 Å². The largest absolute Gasteiger partial charge is 0.496 e. The Hall–Kier alpha value is -4.19. The lowest BCUT2D eigenvalue weighted by Crippen LogP contribution is -2.56. The van der Waals surface area contributed by atoms with Crippen LogP contribution < -0.4 is 9.64 Å². The zero-order chi connectivity index (χ0) is 29.7. The van der Waals surface area contributed by atoms with Crippen LogP contribution in [0.25, 0.3) is 0 Å². The minimum Gasteiger partial charge on any atom is -0.496 e. The Morgan fingerprint density at radius 2 is 1.66 bits per heavy atom. The maximum atomic E-state index is 13.5. The summed E-state index contributed by atoms with van der Waals surface area (Å²) in [6, 6.07) is 13.5. The van der Waals surface area contributed by atoms with E-state index in [4.69, 9.17) is 14.9 Å². The molecule has 12 nitrogen and oxygen atoms in total.